The zero-order chi connectivity index (χ0) is 17.8. The molecule has 0 aliphatic carbocycles. The quantitative estimate of drug-likeness (QED) is 0.897. The third kappa shape index (κ3) is 4.54. The highest BCUT2D eigenvalue weighted by molar-refractivity contribution is 8.00. The van der Waals surface area contributed by atoms with Crippen molar-refractivity contribution in [1.29, 1.82) is 0 Å². The molecule has 1 N–H and O–H groups in total. The van der Waals surface area contributed by atoms with Gasteiger partial charge in [-0.1, -0.05) is 25.1 Å². The molecular weight excluding hydrogens is 339 g/mol. The van der Waals surface area contributed by atoms with Crippen LogP contribution >= 0.6 is 11.8 Å². The molecule has 2 aliphatic heterocycles. The van der Waals surface area contributed by atoms with Gasteiger partial charge in [0.1, 0.15) is 11.9 Å². The maximum Gasteiger partial charge on any atom is 0.246 e. The number of nitrogens with zero attached hydrogens (tertiary/aromatic N) is 1. The highest BCUT2D eigenvalue weighted by Gasteiger charge is 2.35. The van der Waals surface area contributed by atoms with E-state index in [1.165, 1.54) is 17.8 Å². The van der Waals surface area contributed by atoms with Gasteiger partial charge in [0.05, 0.1) is 5.25 Å². The number of hydrogen-bond donors (Lipinski definition) is 1. The summed E-state index contributed by atoms with van der Waals surface area (Å²) >= 11 is 1.45. The van der Waals surface area contributed by atoms with E-state index in [0.717, 1.165) is 32.4 Å². The van der Waals surface area contributed by atoms with Crippen LogP contribution in [0.3, 0.4) is 0 Å². The number of carbonyl (C=O) groups is 2. The fourth-order valence-electron chi connectivity index (χ4n) is 3.45. The second-order valence-corrected chi connectivity index (χ2v) is 8.28. The van der Waals surface area contributed by atoms with Gasteiger partial charge in [0, 0.05) is 18.8 Å². The van der Waals surface area contributed by atoms with Crippen LogP contribution in [0.1, 0.15) is 31.7 Å². The van der Waals surface area contributed by atoms with Crippen LogP contribution in [0, 0.1) is 11.7 Å². The molecule has 1 aromatic rings. The molecule has 2 fully saturated rings. The standard InChI is InChI=1S/C19H25FN2O2S/c1-13-5-4-9-22(10-8-13)19(24)16-12-25-17(18(23)21-16)11-14-6-2-3-7-15(14)20/h2-3,6-7,13,16-17H,4-5,8-12H2,1H3,(H,21,23)/t13-,16-,17+/m1/s1. The van der Waals surface area contributed by atoms with E-state index in [9.17, 15) is 14.0 Å². The first-order valence-electron chi connectivity index (χ1n) is 8.98. The first-order chi connectivity index (χ1) is 12.0. The summed E-state index contributed by atoms with van der Waals surface area (Å²) in [5.41, 5.74) is 0.543. The summed E-state index contributed by atoms with van der Waals surface area (Å²) in [5.74, 6) is 0.779. The van der Waals surface area contributed by atoms with E-state index in [-0.39, 0.29) is 22.9 Å². The minimum atomic E-state index is -0.456. The molecule has 1 aromatic carbocycles. The smallest absolute Gasteiger partial charge is 0.246 e. The van der Waals surface area contributed by atoms with Crippen LogP contribution in [0.2, 0.25) is 0 Å². The number of halogens is 1. The Labute approximate surface area is 152 Å². The van der Waals surface area contributed by atoms with E-state index >= 15 is 0 Å². The van der Waals surface area contributed by atoms with Crippen LogP contribution in [-0.2, 0) is 16.0 Å². The van der Waals surface area contributed by atoms with Gasteiger partial charge in [0.15, 0.2) is 0 Å². The summed E-state index contributed by atoms with van der Waals surface area (Å²) in [4.78, 5) is 27.0. The average molecular weight is 364 g/mol. The molecule has 2 saturated heterocycles. The summed E-state index contributed by atoms with van der Waals surface area (Å²) in [5, 5.41) is 2.52. The molecule has 0 bridgehead atoms. The van der Waals surface area contributed by atoms with Gasteiger partial charge in [0.25, 0.3) is 0 Å². The molecule has 0 saturated carbocycles. The minimum absolute atomic E-state index is 0.0271. The normalized spacial score (nSPS) is 27.5. The van der Waals surface area contributed by atoms with Crippen LogP contribution < -0.4 is 5.32 Å². The maximum atomic E-state index is 13.8. The van der Waals surface area contributed by atoms with E-state index in [2.05, 4.69) is 12.2 Å². The largest absolute Gasteiger partial charge is 0.343 e. The molecule has 25 heavy (non-hydrogen) atoms. The second kappa shape index (κ2) is 8.21. The van der Waals surface area contributed by atoms with E-state index in [0.29, 0.717) is 23.7 Å². The molecule has 136 valence electrons. The SMILES string of the molecule is C[C@@H]1CCCN(C(=O)[C@H]2CS[C@@H](Cc3ccccc3F)C(=O)N2)CC1. The van der Waals surface area contributed by atoms with Gasteiger partial charge in [-0.25, -0.2) is 4.39 Å². The Hall–Kier alpha value is -1.56. The lowest BCUT2D eigenvalue weighted by Gasteiger charge is -2.32. The molecule has 2 amide bonds. The number of carbonyl (C=O) groups excluding carboxylic acids is 2. The lowest BCUT2D eigenvalue weighted by molar-refractivity contribution is -0.136. The fraction of sp³-hybridized carbons (Fsp3) is 0.579. The van der Waals surface area contributed by atoms with Gasteiger partial charge in [-0.3, -0.25) is 9.59 Å². The summed E-state index contributed by atoms with van der Waals surface area (Å²) < 4.78 is 13.8. The van der Waals surface area contributed by atoms with Crippen molar-refractivity contribution in [3.05, 3.63) is 35.6 Å². The van der Waals surface area contributed by atoms with Crippen molar-refractivity contribution in [2.24, 2.45) is 5.92 Å². The summed E-state index contributed by atoms with van der Waals surface area (Å²) in [6, 6.07) is 6.08. The average Bonchev–Trinajstić information content (AvgIpc) is 2.82. The molecule has 4 nitrogen and oxygen atoms in total. The van der Waals surface area contributed by atoms with Crippen molar-refractivity contribution in [3.63, 3.8) is 0 Å². The van der Waals surface area contributed by atoms with Crippen LogP contribution in [-0.4, -0.2) is 46.8 Å². The fourth-order valence-corrected chi connectivity index (χ4v) is 4.61. The van der Waals surface area contributed by atoms with Gasteiger partial charge >= 0.3 is 0 Å². The van der Waals surface area contributed by atoms with E-state index < -0.39 is 6.04 Å². The third-order valence-corrected chi connectivity index (χ3v) is 6.37. The number of rotatable bonds is 3. The Balaban J connectivity index is 1.57. The summed E-state index contributed by atoms with van der Waals surface area (Å²) in [6.07, 6.45) is 3.55. The van der Waals surface area contributed by atoms with E-state index in [1.807, 2.05) is 4.90 Å². The van der Waals surface area contributed by atoms with Crippen LogP contribution in [0.4, 0.5) is 4.39 Å². The molecule has 0 radical (unpaired) electrons. The molecule has 0 spiro atoms. The van der Waals surface area contributed by atoms with Crippen molar-refractivity contribution in [1.82, 2.24) is 10.2 Å². The molecule has 3 atom stereocenters. The Kier molecular flexibility index (Phi) is 5.99. The number of nitrogens with one attached hydrogen (secondary N) is 1. The van der Waals surface area contributed by atoms with Crippen LogP contribution in [0.15, 0.2) is 24.3 Å². The van der Waals surface area contributed by atoms with E-state index in [4.69, 9.17) is 0 Å². The Morgan fingerprint density at radius 1 is 1.32 bits per heavy atom. The van der Waals surface area contributed by atoms with Gasteiger partial charge in [-0.05, 0) is 43.2 Å². The lowest BCUT2D eigenvalue weighted by atomic mass is 10.0. The number of thioether (sulfide) groups is 1. The van der Waals surface area contributed by atoms with Crippen LogP contribution in [0.25, 0.3) is 0 Å². The molecule has 0 aromatic heterocycles. The van der Waals surface area contributed by atoms with E-state index in [1.54, 1.807) is 18.2 Å². The van der Waals surface area contributed by atoms with Crippen LogP contribution in [0.5, 0.6) is 0 Å². The predicted molar refractivity (Wildman–Crippen MR) is 97.9 cm³/mol. The molecule has 6 heteroatoms. The second-order valence-electron chi connectivity index (χ2n) is 7.04. The minimum Gasteiger partial charge on any atom is -0.343 e. The first kappa shape index (κ1) is 18.2. The molecule has 2 heterocycles. The van der Waals surface area contributed by atoms with Gasteiger partial charge in [0.2, 0.25) is 11.8 Å². The van der Waals surface area contributed by atoms with Gasteiger partial charge in [-0.2, -0.15) is 0 Å². The molecule has 3 rings (SSSR count). The monoisotopic (exact) mass is 364 g/mol. The highest BCUT2D eigenvalue weighted by atomic mass is 32.2. The highest BCUT2D eigenvalue weighted by Crippen LogP contribution is 2.25. The zero-order valence-corrected chi connectivity index (χ0v) is 15.4. The maximum absolute atomic E-state index is 13.8. The lowest BCUT2D eigenvalue weighted by Crippen LogP contribution is -2.55. The Morgan fingerprint density at radius 2 is 2.12 bits per heavy atom. The Morgan fingerprint density at radius 3 is 2.88 bits per heavy atom. The topological polar surface area (TPSA) is 49.4 Å². The predicted octanol–water partition coefficient (Wildman–Crippen LogP) is 2.62. The first-order valence-corrected chi connectivity index (χ1v) is 10.0. The number of likely N-dealkylation sites (tertiary alicyclic amines) is 1. The molecule has 0 unspecified atom stereocenters. The number of amides is 2. The molecular formula is C19H25FN2O2S. The van der Waals surface area contributed by atoms with Crippen molar-refractivity contribution in [3.8, 4) is 0 Å². The summed E-state index contributed by atoms with van der Waals surface area (Å²) in [6.45, 7) is 3.77. The summed E-state index contributed by atoms with van der Waals surface area (Å²) in [7, 11) is 0. The van der Waals surface area contributed by atoms with Crippen molar-refractivity contribution in [2.45, 2.75) is 43.9 Å². The Bertz CT molecular complexity index is 640. The van der Waals surface area contributed by atoms with Gasteiger partial charge in [-0.15, -0.1) is 11.8 Å². The van der Waals surface area contributed by atoms with Crippen molar-refractivity contribution < 1.29 is 14.0 Å². The molecule has 2 aliphatic rings. The van der Waals surface area contributed by atoms with Gasteiger partial charge < -0.3 is 10.2 Å². The zero-order valence-electron chi connectivity index (χ0n) is 14.5. The van der Waals surface area contributed by atoms with Crippen molar-refractivity contribution >= 4 is 23.6 Å². The number of hydrogen-bond acceptors (Lipinski definition) is 3. The number of benzene rings is 1. The van der Waals surface area contributed by atoms with Crippen molar-refractivity contribution in [2.75, 3.05) is 18.8 Å². The third-order valence-electron chi connectivity index (χ3n) is 5.06.